The Balaban J connectivity index is 2.07. The summed E-state index contributed by atoms with van der Waals surface area (Å²) in [5, 5.41) is 2.88. The summed E-state index contributed by atoms with van der Waals surface area (Å²) in [5.41, 5.74) is 0.258. The Morgan fingerprint density at radius 3 is 2.20 bits per heavy atom. The molecule has 10 heteroatoms. The third-order valence-corrected chi connectivity index (χ3v) is 4.33. The third-order valence-electron chi connectivity index (χ3n) is 4.33. The van der Waals surface area contributed by atoms with Gasteiger partial charge in [0.15, 0.2) is 29.0 Å². The first-order valence-corrected chi connectivity index (χ1v) is 8.63. The third kappa shape index (κ3) is 4.22. The van der Waals surface area contributed by atoms with E-state index in [1.807, 2.05) is 0 Å². The predicted octanol–water partition coefficient (Wildman–Crippen LogP) is 3.92. The lowest BCUT2D eigenvalue weighted by atomic mass is 10.2. The van der Waals surface area contributed by atoms with Gasteiger partial charge in [-0.3, -0.25) is 4.79 Å². The molecular formula is C20H17F4N3O3. The average molecular weight is 423 g/mol. The topological polar surface area (TPSA) is 65.4 Å². The van der Waals surface area contributed by atoms with E-state index >= 15 is 0 Å². The summed E-state index contributed by atoms with van der Waals surface area (Å²) in [4.78, 5) is 16.0. The van der Waals surface area contributed by atoms with Crippen LogP contribution >= 0.6 is 0 Å². The molecule has 30 heavy (non-hydrogen) atoms. The fourth-order valence-electron chi connectivity index (χ4n) is 2.79. The van der Waals surface area contributed by atoms with Gasteiger partial charge in [0.25, 0.3) is 0 Å². The zero-order chi connectivity index (χ0) is 22.0. The lowest BCUT2D eigenvalue weighted by molar-refractivity contribution is 0.386. The van der Waals surface area contributed by atoms with E-state index in [2.05, 4.69) is 10.3 Å². The number of ether oxygens (including phenoxy) is 2. The normalized spacial score (nSPS) is 10.8. The molecule has 1 heterocycles. The maximum Gasteiger partial charge on any atom is 0.316 e. The van der Waals surface area contributed by atoms with Crippen molar-refractivity contribution in [1.82, 2.24) is 9.55 Å². The van der Waals surface area contributed by atoms with Gasteiger partial charge in [-0.2, -0.15) is 4.98 Å². The Hall–Kier alpha value is -3.56. The lowest BCUT2D eigenvalue weighted by Gasteiger charge is -2.17. The van der Waals surface area contributed by atoms with E-state index in [0.717, 1.165) is 12.1 Å². The van der Waals surface area contributed by atoms with Gasteiger partial charge in [0, 0.05) is 11.8 Å². The van der Waals surface area contributed by atoms with Crippen LogP contribution < -0.4 is 20.3 Å². The van der Waals surface area contributed by atoms with Crippen LogP contribution in [0.15, 0.2) is 35.3 Å². The monoisotopic (exact) mass is 423 g/mol. The van der Waals surface area contributed by atoms with Crippen LogP contribution in [-0.2, 0) is 6.54 Å². The summed E-state index contributed by atoms with van der Waals surface area (Å²) in [7, 11) is 2.57. The molecule has 3 aromatic rings. The summed E-state index contributed by atoms with van der Waals surface area (Å²) in [5.74, 6) is -5.01. The number of halogens is 4. The number of rotatable bonds is 6. The Bertz CT molecular complexity index is 1140. The van der Waals surface area contributed by atoms with Crippen LogP contribution in [0.1, 0.15) is 11.1 Å². The van der Waals surface area contributed by atoms with Crippen LogP contribution in [0.2, 0.25) is 0 Å². The molecule has 0 aliphatic heterocycles. The molecule has 0 fully saturated rings. The van der Waals surface area contributed by atoms with Crippen LogP contribution in [0.3, 0.4) is 0 Å². The van der Waals surface area contributed by atoms with Crippen molar-refractivity contribution in [3.63, 3.8) is 0 Å². The minimum Gasteiger partial charge on any atom is -0.494 e. The molecule has 3 rings (SSSR count). The van der Waals surface area contributed by atoms with Crippen molar-refractivity contribution in [3.8, 4) is 11.5 Å². The molecular weight excluding hydrogens is 406 g/mol. The van der Waals surface area contributed by atoms with Crippen molar-refractivity contribution < 1.29 is 27.0 Å². The highest BCUT2D eigenvalue weighted by Gasteiger charge is 2.15. The zero-order valence-corrected chi connectivity index (χ0v) is 16.2. The first kappa shape index (κ1) is 21.2. The quantitative estimate of drug-likeness (QED) is 0.481. The van der Waals surface area contributed by atoms with Gasteiger partial charge in [0.05, 0.1) is 27.0 Å². The molecule has 0 bridgehead atoms. The van der Waals surface area contributed by atoms with Gasteiger partial charge in [0.2, 0.25) is 11.7 Å². The van der Waals surface area contributed by atoms with Gasteiger partial charge in [-0.05, 0) is 36.2 Å². The van der Waals surface area contributed by atoms with E-state index < -0.39 is 28.8 Å². The molecule has 0 radical (unpaired) electrons. The first-order chi connectivity index (χ1) is 14.2. The standard InChI is InChI=1S/C20H17F4N3O3/c1-10-4-12(21)16(29-2)7-15(10)25-20-26-19(28)17(30-3)9-27(20)8-11-5-13(22)18(24)14(23)6-11/h4-7,9H,8H2,1-3H3,(H,25,26,28). The molecule has 0 amide bonds. The summed E-state index contributed by atoms with van der Waals surface area (Å²) < 4.78 is 65.6. The Kier molecular flexibility index (Phi) is 5.95. The largest absolute Gasteiger partial charge is 0.494 e. The number of benzene rings is 2. The highest BCUT2D eigenvalue weighted by atomic mass is 19.2. The molecule has 158 valence electrons. The minimum atomic E-state index is -1.58. The Labute approximate surface area is 168 Å². The number of anilines is 2. The van der Waals surface area contributed by atoms with E-state index in [4.69, 9.17) is 9.47 Å². The summed E-state index contributed by atoms with van der Waals surface area (Å²) in [6, 6.07) is 4.28. The Morgan fingerprint density at radius 1 is 0.967 bits per heavy atom. The van der Waals surface area contributed by atoms with Gasteiger partial charge in [-0.1, -0.05) is 0 Å². The first-order valence-electron chi connectivity index (χ1n) is 8.63. The van der Waals surface area contributed by atoms with Gasteiger partial charge in [-0.15, -0.1) is 0 Å². The number of hydrogen-bond donors (Lipinski definition) is 1. The van der Waals surface area contributed by atoms with Crippen LogP contribution in [0.5, 0.6) is 11.5 Å². The van der Waals surface area contributed by atoms with E-state index in [0.29, 0.717) is 11.3 Å². The second-order valence-corrected chi connectivity index (χ2v) is 6.37. The maximum atomic E-state index is 13.9. The Morgan fingerprint density at radius 2 is 1.60 bits per heavy atom. The molecule has 2 aromatic carbocycles. The van der Waals surface area contributed by atoms with E-state index in [-0.39, 0.29) is 29.6 Å². The summed E-state index contributed by atoms with van der Waals surface area (Å²) in [6.07, 6.45) is 1.28. The fourth-order valence-corrected chi connectivity index (χ4v) is 2.79. The number of methoxy groups -OCH3 is 2. The van der Waals surface area contributed by atoms with Crippen molar-refractivity contribution in [2.24, 2.45) is 0 Å². The number of hydrogen-bond acceptors (Lipinski definition) is 5. The average Bonchev–Trinajstić information content (AvgIpc) is 2.69. The van der Waals surface area contributed by atoms with Crippen molar-refractivity contribution in [2.45, 2.75) is 13.5 Å². The zero-order valence-electron chi connectivity index (χ0n) is 16.2. The minimum absolute atomic E-state index is 0.0114. The van der Waals surface area contributed by atoms with Gasteiger partial charge >= 0.3 is 5.56 Å². The number of aryl methyl sites for hydroxylation is 1. The van der Waals surface area contributed by atoms with Gasteiger partial charge < -0.3 is 19.4 Å². The molecule has 0 saturated carbocycles. The lowest BCUT2D eigenvalue weighted by Crippen LogP contribution is -2.19. The summed E-state index contributed by atoms with van der Waals surface area (Å²) >= 11 is 0. The van der Waals surface area contributed by atoms with Crippen LogP contribution in [0.4, 0.5) is 29.2 Å². The molecule has 0 spiro atoms. The smallest absolute Gasteiger partial charge is 0.316 e. The van der Waals surface area contributed by atoms with E-state index in [1.54, 1.807) is 6.92 Å². The molecule has 6 nitrogen and oxygen atoms in total. The van der Waals surface area contributed by atoms with Gasteiger partial charge in [0.1, 0.15) is 0 Å². The molecule has 1 aromatic heterocycles. The highest BCUT2D eigenvalue weighted by Crippen LogP contribution is 2.28. The van der Waals surface area contributed by atoms with Crippen molar-refractivity contribution >= 4 is 11.6 Å². The predicted molar refractivity (Wildman–Crippen MR) is 101 cm³/mol. The number of nitrogens with one attached hydrogen (secondary N) is 1. The van der Waals surface area contributed by atoms with Crippen molar-refractivity contribution in [1.29, 1.82) is 0 Å². The molecule has 0 aliphatic carbocycles. The highest BCUT2D eigenvalue weighted by molar-refractivity contribution is 5.61. The molecule has 0 saturated heterocycles. The maximum absolute atomic E-state index is 13.9. The van der Waals surface area contributed by atoms with E-state index in [1.165, 1.54) is 37.1 Å². The molecule has 0 unspecified atom stereocenters. The van der Waals surface area contributed by atoms with Crippen LogP contribution in [0, 0.1) is 30.2 Å². The second kappa shape index (κ2) is 8.44. The number of nitrogens with zero attached hydrogens (tertiary/aromatic N) is 2. The van der Waals surface area contributed by atoms with Crippen molar-refractivity contribution in [3.05, 3.63) is 75.2 Å². The second-order valence-electron chi connectivity index (χ2n) is 6.37. The van der Waals surface area contributed by atoms with Crippen LogP contribution in [0.25, 0.3) is 0 Å². The fraction of sp³-hybridized carbons (Fsp3) is 0.200. The molecule has 0 aliphatic rings. The van der Waals surface area contributed by atoms with Crippen molar-refractivity contribution in [2.75, 3.05) is 19.5 Å². The van der Waals surface area contributed by atoms with E-state index in [9.17, 15) is 22.4 Å². The summed E-state index contributed by atoms with van der Waals surface area (Å²) in [6.45, 7) is 1.46. The SMILES string of the molecule is COc1cc(Nc2nc(=O)c(OC)cn2Cc2cc(F)c(F)c(F)c2)c(C)cc1F. The number of aromatic nitrogens is 2. The van der Waals surface area contributed by atoms with Crippen LogP contribution in [-0.4, -0.2) is 23.8 Å². The molecule has 0 atom stereocenters. The molecule has 1 N–H and O–H groups in total. The van der Waals surface area contributed by atoms with Gasteiger partial charge in [-0.25, -0.2) is 17.6 Å².